The minimum Gasteiger partial charge on any atom is -0.407 e. The molecule has 1 heterocycles. The highest BCUT2D eigenvalue weighted by molar-refractivity contribution is 5.76. The smallest absolute Gasteiger partial charge is 0.407 e. The first-order valence-electron chi connectivity index (χ1n) is 6.70. The van der Waals surface area contributed by atoms with Gasteiger partial charge in [-0.25, -0.2) is 0 Å². The van der Waals surface area contributed by atoms with Gasteiger partial charge in [0.05, 0.1) is 11.3 Å². The van der Waals surface area contributed by atoms with Crippen LogP contribution in [0, 0.1) is 0 Å². The molecule has 3 aromatic rings. The molecule has 0 aliphatic heterocycles. The molecule has 0 aliphatic carbocycles. The fourth-order valence-electron chi connectivity index (χ4n) is 2.17. The molecule has 2 aromatic carbocycles. The molecule has 1 aromatic heterocycles. The van der Waals surface area contributed by atoms with Crippen LogP contribution in [-0.4, -0.2) is 4.98 Å². The third-order valence-corrected chi connectivity index (χ3v) is 3.17. The van der Waals surface area contributed by atoms with Crippen molar-refractivity contribution in [3.8, 4) is 11.3 Å². The average molecular weight is 319 g/mol. The van der Waals surface area contributed by atoms with E-state index in [1.54, 1.807) is 24.3 Å². The van der Waals surface area contributed by atoms with Gasteiger partial charge in [0.1, 0.15) is 5.69 Å². The molecule has 4 nitrogen and oxygen atoms in total. The van der Waals surface area contributed by atoms with Gasteiger partial charge >= 0.3 is 6.18 Å². The zero-order valence-corrected chi connectivity index (χ0v) is 11.8. The highest BCUT2D eigenvalue weighted by Crippen LogP contribution is 2.38. The van der Waals surface area contributed by atoms with Crippen LogP contribution in [0.1, 0.15) is 5.56 Å². The Morgan fingerprint density at radius 2 is 1.61 bits per heavy atom. The van der Waals surface area contributed by atoms with Crippen molar-refractivity contribution in [3.05, 3.63) is 60.2 Å². The van der Waals surface area contributed by atoms with Gasteiger partial charge in [0.25, 0.3) is 6.01 Å². The van der Waals surface area contributed by atoms with E-state index in [1.807, 2.05) is 6.07 Å². The lowest BCUT2D eigenvalue weighted by Crippen LogP contribution is -2.08. The first-order valence-corrected chi connectivity index (χ1v) is 6.70. The molecule has 0 spiro atoms. The standard InChI is InChI=1S/C16H12F3N3O/c17-16(18,19)11-8-4-5-9-12(11)21-14-13(22-15(20)23-14)10-6-2-1-3-7-10/h1-9,21H,(H2,20,22). The highest BCUT2D eigenvalue weighted by atomic mass is 19.4. The number of aromatic nitrogens is 1. The molecule has 0 bridgehead atoms. The molecule has 0 aliphatic rings. The number of para-hydroxylation sites is 1. The molecule has 0 amide bonds. The van der Waals surface area contributed by atoms with E-state index in [-0.39, 0.29) is 17.6 Å². The van der Waals surface area contributed by atoms with E-state index in [4.69, 9.17) is 10.2 Å². The van der Waals surface area contributed by atoms with Crippen molar-refractivity contribution in [3.63, 3.8) is 0 Å². The molecule has 23 heavy (non-hydrogen) atoms. The summed E-state index contributed by atoms with van der Waals surface area (Å²) in [5.41, 5.74) is 5.65. The van der Waals surface area contributed by atoms with E-state index in [9.17, 15) is 13.2 Å². The molecule has 0 fully saturated rings. The molecule has 3 N–H and O–H groups in total. The van der Waals surface area contributed by atoms with Gasteiger partial charge in [-0.3, -0.25) is 0 Å². The molecule has 0 radical (unpaired) electrons. The van der Waals surface area contributed by atoms with Gasteiger partial charge < -0.3 is 15.5 Å². The van der Waals surface area contributed by atoms with Crippen LogP contribution in [0.25, 0.3) is 11.3 Å². The Labute approximate surface area is 129 Å². The third kappa shape index (κ3) is 3.13. The van der Waals surface area contributed by atoms with Gasteiger partial charge in [0.2, 0.25) is 5.88 Å². The van der Waals surface area contributed by atoms with Crippen molar-refractivity contribution in [2.75, 3.05) is 11.1 Å². The number of halogens is 3. The highest BCUT2D eigenvalue weighted by Gasteiger charge is 2.33. The number of hydrogen-bond donors (Lipinski definition) is 2. The van der Waals surface area contributed by atoms with Gasteiger partial charge in [-0.2, -0.15) is 18.2 Å². The Bertz CT molecular complexity index is 813. The zero-order valence-electron chi connectivity index (χ0n) is 11.8. The van der Waals surface area contributed by atoms with E-state index < -0.39 is 11.7 Å². The lowest BCUT2D eigenvalue weighted by Gasteiger charge is -2.13. The summed E-state index contributed by atoms with van der Waals surface area (Å²) < 4.78 is 44.4. The van der Waals surface area contributed by atoms with Crippen LogP contribution in [0.4, 0.5) is 30.8 Å². The normalized spacial score (nSPS) is 11.4. The number of oxazole rings is 1. The number of benzene rings is 2. The summed E-state index contributed by atoms with van der Waals surface area (Å²) in [4.78, 5) is 4.04. The minimum absolute atomic E-state index is 0.0606. The van der Waals surface area contributed by atoms with Crippen LogP contribution in [0.5, 0.6) is 0 Å². The topological polar surface area (TPSA) is 64.1 Å². The first kappa shape index (κ1) is 15.0. The number of hydrogen-bond acceptors (Lipinski definition) is 4. The monoisotopic (exact) mass is 319 g/mol. The quantitative estimate of drug-likeness (QED) is 0.735. The molecular weight excluding hydrogens is 307 g/mol. The minimum atomic E-state index is -4.48. The predicted molar refractivity (Wildman–Crippen MR) is 81.1 cm³/mol. The predicted octanol–water partition coefficient (Wildman–Crippen LogP) is 4.69. The van der Waals surface area contributed by atoms with Crippen molar-refractivity contribution in [2.45, 2.75) is 6.18 Å². The molecular formula is C16H12F3N3O. The number of nitrogen functional groups attached to an aromatic ring is 1. The lowest BCUT2D eigenvalue weighted by atomic mass is 10.1. The van der Waals surface area contributed by atoms with Gasteiger partial charge in [-0.1, -0.05) is 42.5 Å². The van der Waals surface area contributed by atoms with E-state index in [2.05, 4.69) is 10.3 Å². The largest absolute Gasteiger partial charge is 0.418 e. The molecule has 0 saturated carbocycles. The Balaban J connectivity index is 2.03. The summed E-state index contributed by atoms with van der Waals surface area (Å²) in [6.45, 7) is 0. The third-order valence-electron chi connectivity index (χ3n) is 3.17. The van der Waals surface area contributed by atoms with Crippen LogP contribution in [0.3, 0.4) is 0 Å². The van der Waals surface area contributed by atoms with Crippen molar-refractivity contribution >= 4 is 17.6 Å². The Morgan fingerprint density at radius 1 is 0.957 bits per heavy atom. The van der Waals surface area contributed by atoms with Gasteiger partial charge in [0.15, 0.2) is 0 Å². The summed E-state index contributed by atoms with van der Waals surface area (Å²) in [5.74, 6) is 0.0606. The zero-order chi connectivity index (χ0) is 16.4. The summed E-state index contributed by atoms with van der Waals surface area (Å²) in [6, 6.07) is 13.9. The van der Waals surface area contributed by atoms with Crippen LogP contribution in [0.15, 0.2) is 59.0 Å². The molecule has 118 valence electrons. The maximum absolute atomic E-state index is 13.1. The van der Waals surface area contributed by atoms with Crippen LogP contribution in [-0.2, 0) is 6.18 Å². The Hall–Kier alpha value is -2.96. The SMILES string of the molecule is Nc1nc(-c2ccccc2)c(Nc2ccccc2C(F)(F)F)o1. The van der Waals surface area contributed by atoms with Crippen LogP contribution in [0.2, 0.25) is 0 Å². The van der Waals surface area contributed by atoms with E-state index in [0.717, 1.165) is 6.07 Å². The van der Waals surface area contributed by atoms with Crippen molar-refractivity contribution in [1.82, 2.24) is 4.98 Å². The maximum Gasteiger partial charge on any atom is 0.418 e. The summed E-state index contributed by atoms with van der Waals surface area (Å²) in [7, 11) is 0. The fraction of sp³-hybridized carbons (Fsp3) is 0.0625. The number of rotatable bonds is 3. The van der Waals surface area contributed by atoms with E-state index in [1.165, 1.54) is 18.2 Å². The fourth-order valence-corrected chi connectivity index (χ4v) is 2.17. The second kappa shape index (κ2) is 5.68. The van der Waals surface area contributed by atoms with E-state index in [0.29, 0.717) is 11.3 Å². The molecule has 0 unspecified atom stereocenters. The number of alkyl halides is 3. The van der Waals surface area contributed by atoms with Crippen molar-refractivity contribution in [2.24, 2.45) is 0 Å². The summed E-state index contributed by atoms with van der Waals surface area (Å²) in [6.07, 6.45) is -4.48. The number of nitrogens with one attached hydrogen (secondary N) is 1. The van der Waals surface area contributed by atoms with Crippen LogP contribution < -0.4 is 11.1 Å². The van der Waals surface area contributed by atoms with E-state index >= 15 is 0 Å². The average Bonchev–Trinajstić information content (AvgIpc) is 2.88. The molecule has 0 saturated heterocycles. The second-order valence-corrected chi connectivity index (χ2v) is 4.76. The van der Waals surface area contributed by atoms with Crippen molar-refractivity contribution in [1.29, 1.82) is 0 Å². The maximum atomic E-state index is 13.1. The molecule has 3 rings (SSSR count). The second-order valence-electron chi connectivity index (χ2n) is 4.76. The number of anilines is 3. The van der Waals surface area contributed by atoms with Gasteiger partial charge in [-0.15, -0.1) is 0 Å². The van der Waals surface area contributed by atoms with Gasteiger partial charge in [-0.05, 0) is 12.1 Å². The van der Waals surface area contributed by atoms with Crippen molar-refractivity contribution < 1.29 is 17.6 Å². The number of nitrogens with two attached hydrogens (primary N) is 1. The Kier molecular flexibility index (Phi) is 3.69. The van der Waals surface area contributed by atoms with Crippen LogP contribution >= 0.6 is 0 Å². The van der Waals surface area contributed by atoms with Gasteiger partial charge in [0, 0.05) is 5.56 Å². The summed E-state index contributed by atoms with van der Waals surface area (Å²) in [5, 5.41) is 2.64. The molecule has 0 atom stereocenters. The first-order chi connectivity index (χ1) is 10.9. The Morgan fingerprint density at radius 3 is 2.30 bits per heavy atom. The molecule has 7 heteroatoms. The summed E-state index contributed by atoms with van der Waals surface area (Å²) >= 11 is 0. The number of nitrogens with zero attached hydrogens (tertiary/aromatic N) is 1. The lowest BCUT2D eigenvalue weighted by molar-refractivity contribution is -0.136.